The number of aryl methyl sites for hydroxylation is 1. The Morgan fingerprint density at radius 2 is 1.48 bits per heavy atom. The van der Waals surface area contributed by atoms with Crippen LogP contribution in [0.3, 0.4) is 0 Å². The molecule has 0 aliphatic carbocycles. The number of rotatable bonds is 6. The van der Waals surface area contributed by atoms with Crippen molar-refractivity contribution in [3.05, 3.63) is 34.9 Å². The van der Waals surface area contributed by atoms with Gasteiger partial charge in [-0.05, 0) is 23.6 Å². The molecule has 0 aromatic heterocycles. The van der Waals surface area contributed by atoms with E-state index < -0.39 is 0 Å². The number of carbonyl (C=O) groups is 2. The van der Waals surface area contributed by atoms with Crippen LogP contribution < -0.4 is 0 Å². The van der Waals surface area contributed by atoms with E-state index in [0.717, 1.165) is 16.7 Å². The summed E-state index contributed by atoms with van der Waals surface area (Å²) in [7, 11) is 0. The fourth-order valence-corrected chi connectivity index (χ4v) is 1.73. The van der Waals surface area contributed by atoms with Gasteiger partial charge in [0.05, 0.1) is 11.8 Å². The molecule has 0 amide bonds. The largest absolute Gasteiger partial charge is 0.461 e. The molecule has 0 unspecified atom stereocenters. The molecule has 0 fully saturated rings. The molecule has 0 spiro atoms. The average Bonchev–Trinajstić information content (AvgIpc) is 2.42. The molecule has 1 aromatic rings. The van der Waals surface area contributed by atoms with E-state index in [1.54, 1.807) is 27.7 Å². The van der Waals surface area contributed by atoms with Crippen LogP contribution >= 0.6 is 0 Å². The molecule has 4 heteroatoms. The van der Waals surface area contributed by atoms with Crippen molar-refractivity contribution in [2.24, 2.45) is 11.8 Å². The maximum absolute atomic E-state index is 11.6. The first kappa shape index (κ1) is 17.2. The fourth-order valence-electron chi connectivity index (χ4n) is 1.73. The second-order valence-corrected chi connectivity index (χ2v) is 5.74. The highest BCUT2D eigenvalue weighted by Crippen LogP contribution is 2.18. The minimum absolute atomic E-state index is 0.156. The first-order valence-electron chi connectivity index (χ1n) is 7.23. The second-order valence-electron chi connectivity index (χ2n) is 5.74. The Morgan fingerprint density at radius 3 is 2.00 bits per heavy atom. The lowest BCUT2D eigenvalue weighted by atomic mass is 10.0. The van der Waals surface area contributed by atoms with Gasteiger partial charge in [-0.15, -0.1) is 0 Å². The topological polar surface area (TPSA) is 52.6 Å². The van der Waals surface area contributed by atoms with E-state index in [0.29, 0.717) is 0 Å². The number of carbonyl (C=O) groups excluding carboxylic acids is 2. The maximum atomic E-state index is 11.6. The summed E-state index contributed by atoms with van der Waals surface area (Å²) in [6, 6.07) is 5.74. The predicted molar refractivity (Wildman–Crippen MR) is 80.4 cm³/mol. The monoisotopic (exact) mass is 292 g/mol. The first-order valence-corrected chi connectivity index (χ1v) is 7.23. The van der Waals surface area contributed by atoms with Gasteiger partial charge >= 0.3 is 11.9 Å². The molecule has 0 heterocycles. The van der Waals surface area contributed by atoms with Crippen LogP contribution in [0.25, 0.3) is 0 Å². The molecule has 21 heavy (non-hydrogen) atoms. The van der Waals surface area contributed by atoms with E-state index in [4.69, 9.17) is 9.47 Å². The average molecular weight is 292 g/mol. The minimum atomic E-state index is -0.235. The number of hydrogen-bond acceptors (Lipinski definition) is 4. The fraction of sp³-hybridized carbons (Fsp3) is 0.529. The maximum Gasteiger partial charge on any atom is 0.308 e. The van der Waals surface area contributed by atoms with Crippen molar-refractivity contribution in [1.82, 2.24) is 0 Å². The van der Waals surface area contributed by atoms with Crippen molar-refractivity contribution >= 4 is 11.9 Å². The molecule has 1 aromatic carbocycles. The van der Waals surface area contributed by atoms with Crippen molar-refractivity contribution in [2.45, 2.75) is 47.8 Å². The van der Waals surface area contributed by atoms with Crippen LogP contribution in [0.2, 0.25) is 0 Å². The summed E-state index contributed by atoms with van der Waals surface area (Å²) >= 11 is 0. The minimum Gasteiger partial charge on any atom is -0.461 e. The highest BCUT2D eigenvalue weighted by Gasteiger charge is 2.14. The number of esters is 2. The van der Waals surface area contributed by atoms with Crippen LogP contribution in [0.5, 0.6) is 0 Å². The van der Waals surface area contributed by atoms with Crippen LogP contribution in [0, 0.1) is 18.8 Å². The van der Waals surface area contributed by atoms with Crippen LogP contribution in [0.1, 0.15) is 44.4 Å². The SMILES string of the molecule is Cc1cccc(COC(=O)C(C)C)c1COC(=O)C(C)C. The van der Waals surface area contributed by atoms with Crippen LogP contribution in [0.15, 0.2) is 18.2 Å². The summed E-state index contributed by atoms with van der Waals surface area (Å²) in [6.07, 6.45) is 0. The Balaban J connectivity index is 2.78. The predicted octanol–water partition coefficient (Wildman–Crippen LogP) is 3.39. The molecule has 0 saturated heterocycles. The van der Waals surface area contributed by atoms with Gasteiger partial charge in [0.15, 0.2) is 0 Å². The zero-order chi connectivity index (χ0) is 16.0. The molecule has 1 rings (SSSR count). The van der Waals surface area contributed by atoms with Crippen molar-refractivity contribution < 1.29 is 19.1 Å². The third-order valence-corrected chi connectivity index (χ3v) is 3.18. The van der Waals surface area contributed by atoms with Gasteiger partial charge in [0.1, 0.15) is 13.2 Å². The second kappa shape index (κ2) is 7.81. The van der Waals surface area contributed by atoms with E-state index in [9.17, 15) is 9.59 Å². The first-order chi connectivity index (χ1) is 9.82. The molecule has 0 aliphatic rings. The van der Waals surface area contributed by atoms with Crippen molar-refractivity contribution in [3.63, 3.8) is 0 Å². The number of benzene rings is 1. The summed E-state index contributed by atoms with van der Waals surface area (Å²) in [5.41, 5.74) is 2.80. The van der Waals surface area contributed by atoms with Crippen molar-refractivity contribution in [1.29, 1.82) is 0 Å². The molecule has 0 atom stereocenters. The molecular formula is C17H24O4. The van der Waals surface area contributed by atoms with Gasteiger partial charge in [0.2, 0.25) is 0 Å². The van der Waals surface area contributed by atoms with E-state index in [2.05, 4.69) is 0 Å². The summed E-state index contributed by atoms with van der Waals surface area (Å²) in [5.74, 6) is -0.779. The van der Waals surface area contributed by atoms with Gasteiger partial charge in [-0.3, -0.25) is 9.59 Å². The zero-order valence-corrected chi connectivity index (χ0v) is 13.4. The normalized spacial score (nSPS) is 10.8. The lowest BCUT2D eigenvalue weighted by Gasteiger charge is -2.15. The number of hydrogen-bond donors (Lipinski definition) is 0. The van der Waals surface area contributed by atoms with E-state index in [1.165, 1.54) is 0 Å². The van der Waals surface area contributed by atoms with Crippen LogP contribution in [0.4, 0.5) is 0 Å². The lowest BCUT2D eigenvalue weighted by molar-refractivity contribution is -0.150. The van der Waals surface area contributed by atoms with Gasteiger partial charge in [-0.2, -0.15) is 0 Å². The standard InChI is InChI=1S/C17H24O4/c1-11(2)16(18)20-9-14-8-6-7-13(5)15(14)10-21-17(19)12(3)4/h6-8,11-12H,9-10H2,1-5H3. The number of ether oxygens (including phenoxy) is 2. The van der Waals surface area contributed by atoms with E-state index in [-0.39, 0.29) is 37.0 Å². The van der Waals surface area contributed by atoms with Gasteiger partial charge in [-0.25, -0.2) is 0 Å². The summed E-state index contributed by atoms with van der Waals surface area (Å²) in [4.78, 5) is 23.1. The molecule has 0 aliphatic heterocycles. The van der Waals surface area contributed by atoms with Crippen molar-refractivity contribution in [2.75, 3.05) is 0 Å². The van der Waals surface area contributed by atoms with Gasteiger partial charge in [0.25, 0.3) is 0 Å². The molecule has 4 nitrogen and oxygen atoms in total. The Hall–Kier alpha value is -1.84. The Morgan fingerprint density at radius 1 is 0.952 bits per heavy atom. The quantitative estimate of drug-likeness (QED) is 0.754. The Kier molecular flexibility index (Phi) is 6.40. The molecule has 116 valence electrons. The molecule has 0 bridgehead atoms. The third-order valence-electron chi connectivity index (χ3n) is 3.18. The van der Waals surface area contributed by atoms with Gasteiger partial charge in [-0.1, -0.05) is 45.9 Å². The summed E-state index contributed by atoms with van der Waals surface area (Å²) in [6.45, 7) is 9.54. The molecular weight excluding hydrogens is 268 g/mol. The highest BCUT2D eigenvalue weighted by molar-refractivity contribution is 5.72. The smallest absolute Gasteiger partial charge is 0.308 e. The highest BCUT2D eigenvalue weighted by atomic mass is 16.5. The summed E-state index contributed by atoms with van der Waals surface area (Å²) in [5, 5.41) is 0. The molecule has 0 saturated carbocycles. The Labute approximate surface area is 126 Å². The van der Waals surface area contributed by atoms with E-state index in [1.807, 2.05) is 25.1 Å². The van der Waals surface area contributed by atoms with Crippen LogP contribution in [-0.2, 0) is 32.3 Å². The van der Waals surface area contributed by atoms with Gasteiger partial charge < -0.3 is 9.47 Å². The third kappa shape index (κ3) is 5.21. The van der Waals surface area contributed by atoms with E-state index >= 15 is 0 Å². The van der Waals surface area contributed by atoms with Crippen molar-refractivity contribution in [3.8, 4) is 0 Å². The molecule has 0 N–H and O–H groups in total. The van der Waals surface area contributed by atoms with Gasteiger partial charge in [0, 0.05) is 0 Å². The summed E-state index contributed by atoms with van der Waals surface area (Å²) < 4.78 is 10.5. The molecule has 0 radical (unpaired) electrons. The Bertz CT molecular complexity index is 504. The zero-order valence-electron chi connectivity index (χ0n) is 13.4. The van der Waals surface area contributed by atoms with Crippen LogP contribution in [-0.4, -0.2) is 11.9 Å². The lowest BCUT2D eigenvalue weighted by Crippen LogP contribution is -2.15.